The number of fused-ring (bicyclic) bond motifs is 1. The van der Waals surface area contributed by atoms with Gasteiger partial charge in [0, 0.05) is 28.8 Å². The summed E-state index contributed by atoms with van der Waals surface area (Å²) in [5.41, 5.74) is 4.85. The van der Waals surface area contributed by atoms with Gasteiger partial charge < -0.3 is 5.32 Å². The number of non-ortho nitro benzene ring substituents is 1. The highest BCUT2D eigenvalue weighted by Gasteiger charge is 2.22. The smallest absolute Gasteiger partial charge is 0.269 e. The Morgan fingerprint density at radius 3 is 2.41 bits per heavy atom. The van der Waals surface area contributed by atoms with Crippen molar-refractivity contribution in [3.63, 3.8) is 0 Å². The van der Waals surface area contributed by atoms with Gasteiger partial charge in [0.15, 0.2) is 5.65 Å². The molecule has 0 fully saturated rings. The molecule has 8 nitrogen and oxygen atoms in total. The van der Waals surface area contributed by atoms with Crippen LogP contribution >= 0.6 is 11.8 Å². The molecule has 1 amide bonds. The zero-order chi connectivity index (χ0) is 24.5. The highest BCUT2D eigenvalue weighted by molar-refractivity contribution is 7.99. The molecule has 0 aliphatic rings. The SMILES string of the molecule is Cc1nn2c(SCC(=O)Nc3ccc([N+](=O)[O-])cc3)cc(C(C)(C)C)nc2c1-c1ccccc1. The molecule has 174 valence electrons. The van der Waals surface area contributed by atoms with Crippen molar-refractivity contribution in [3.05, 3.63) is 82.2 Å². The molecular weight excluding hydrogens is 450 g/mol. The standard InChI is InChI=1S/C25H25N5O3S/c1-16-23(17-8-6-5-7-9-17)24-27-20(25(2,3)4)14-22(29(24)28-16)34-15-21(31)26-18-10-12-19(13-11-18)30(32)33/h5-14H,15H2,1-4H3,(H,26,31). The van der Waals surface area contributed by atoms with Gasteiger partial charge in [0.05, 0.1) is 22.1 Å². The Morgan fingerprint density at radius 2 is 1.79 bits per heavy atom. The van der Waals surface area contributed by atoms with Crippen molar-refractivity contribution < 1.29 is 9.72 Å². The fourth-order valence-electron chi connectivity index (χ4n) is 3.53. The summed E-state index contributed by atoms with van der Waals surface area (Å²) >= 11 is 1.37. The second-order valence-electron chi connectivity index (χ2n) is 8.93. The largest absolute Gasteiger partial charge is 0.325 e. The summed E-state index contributed by atoms with van der Waals surface area (Å²) in [4.78, 5) is 27.9. The Morgan fingerprint density at radius 1 is 1.12 bits per heavy atom. The van der Waals surface area contributed by atoms with E-state index in [1.165, 1.54) is 36.0 Å². The third kappa shape index (κ3) is 4.94. The number of aromatic nitrogens is 3. The first-order valence-corrected chi connectivity index (χ1v) is 11.8. The van der Waals surface area contributed by atoms with Crippen molar-refractivity contribution in [2.45, 2.75) is 38.1 Å². The van der Waals surface area contributed by atoms with Gasteiger partial charge in [-0.15, -0.1) is 0 Å². The van der Waals surface area contributed by atoms with Crippen molar-refractivity contribution in [1.29, 1.82) is 0 Å². The molecule has 0 saturated heterocycles. The Kier molecular flexibility index (Phi) is 6.39. The number of aryl methyl sites for hydroxylation is 1. The summed E-state index contributed by atoms with van der Waals surface area (Å²) in [7, 11) is 0. The van der Waals surface area contributed by atoms with E-state index in [1.54, 1.807) is 4.52 Å². The van der Waals surface area contributed by atoms with Gasteiger partial charge in [0.2, 0.25) is 5.91 Å². The first kappa shape index (κ1) is 23.4. The monoisotopic (exact) mass is 475 g/mol. The third-order valence-corrected chi connectivity index (χ3v) is 6.27. The van der Waals surface area contributed by atoms with Gasteiger partial charge in [-0.3, -0.25) is 14.9 Å². The number of nitro groups is 1. The number of benzene rings is 2. The Balaban J connectivity index is 1.64. The van der Waals surface area contributed by atoms with E-state index >= 15 is 0 Å². The second kappa shape index (κ2) is 9.26. The molecule has 0 atom stereocenters. The number of nitrogens with zero attached hydrogens (tertiary/aromatic N) is 4. The molecule has 0 aliphatic heterocycles. The maximum absolute atomic E-state index is 12.6. The van der Waals surface area contributed by atoms with Crippen molar-refractivity contribution in [1.82, 2.24) is 14.6 Å². The van der Waals surface area contributed by atoms with Crippen molar-refractivity contribution in [2.75, 3.05) is 11.1 Å². The van der Waals surface area contributed by atoms with Crippen molar-refractivity contribution >= 4 is 34.7 Å². The van der Waals surface area contributed by atoms with Crippen molar-refractivity contribution in [2.24, 2.45) is 0 Å². The maximum Gasteiger partial charge on any atom is 0.269 e. The number of hydrogen-bond acceptors (Lipinski definition) is 6. The molecule has 0 saturated carbocycles. The molecule has 9 heteroatoms. The second-order valence-corrected chi connectivity index (χ2v) is 9.93. The lowest BCUT2D eigenvalue weighted by molar-refractivity contribution is -0.384. The van der Waals surface area contributed by atoms with Gasteiger partial charge >= 0.3 is 0 Å². The molecule has 4 aromatic rings. The minimum atomic E-state index is -0.473. The highest BCUT2D eigenvalue weighted by atomic mass is 32.2. The van der Waals surface area contributed by atoms with E-state index in [1.807, 2.05) is 43.3 Å². The summed E-state index contributed by atoms with van der Waals surface area (Å²) in [6.07, 6.45) is 0. The van der Waals surface area contributed by atoms with Crippen LogP contribution in [-0.4, -0.2) is 31.2 Å². The summed E-state index contributed by atoms with van der Waals surface area (Å²) in [5.74, 6) is -0.0625. The van der Waals surface area contributed by atoms with E-state index in [4.69, 9.17) is 10.1 Å². The average molecular weight is 476 g/mol. The average Bonchev–Trinajstić information content (AvgIpc) is 3.13. The molecule has 0 aliphatic carbocycles. The molecule has 1 N–H and O–H groups in total. The van der Waals surface area contributed by atoms with E-state index in [9.17, 15) is 14.9 Å². The summed E-state index contributed by atoms with van der Waals surface area (Å²) in [6.45, 7) is 8.27. The molecule has 2 aromatic heterocycles. The number of anilines is 1. The quantitative estimate of drug-likeness (QED) is 0.168. The lowest BCUT2D eigenvalue weighted by atomic mass is 9.92. The first-order valence-electron chi connectivity index (χ1n) is 10.8. The van der Waals surface area contributed by atoms with Crippen molar-refractivity contribution in [3.8, 4) is 11.1 Å². The van der Waals surface area contributed by atoms with E-state index in [0.717, 1.165) is 33.2 Å². The summed E-state index contributed by atoms with van der Waals surface area (Å²) in [6, 6.07) is 17.8. The molecule has 2 aromatic carbocycles. The predicted molar refractivity (Wildman–Crippen MR) is 134 cm³/mol. The lowest BCUT2D eigenvalue weighted by Crippen LogP contribution is -2.17. The number of carbonyl (C=O) groups excluding carboxylic acids is 1. The van der Waals surface area contributed by atoms with Gasteiger partial charge in [-0.05, 0) is 30.7 Å². The number of amides is 1. The molecule has 0 radical (unpaired) electrons. The van der Waals surface area contributed by atoms with Crippen LogP contribution in [0.4, 0.5) is 11.4 Å². The number of thioether (sulfide) groups is 1. The van der Waals surface area contributed by atoms with Crippen LogP contribution in [0.5, 0.6) is 0 Å². The molecule has 0 bridgehead atoms. The first-order chi connectivity index (χ1) is 16.1. The molecule has 34 heavy (non-hydrogen) atoms. The minimum Gasteiger partial charge on any atom is -0.325 e. The highest BCUT2D eigenvalue weighted by Crippen LogP contribution is 2.33. The Hall–Kier alpha value is -3.72. The van der Waals surface area contributed by atoms with Crippen LogP contribution in [0.2, 0.25) is 0 Å². The fourth-order valence-corrected chi connectivity index (χ4v) is 4.33. The van der Waals surface area contributed by atoms with Crippen LogP contribution in [0.15, 0.2) is 65.7 Å². The molecular formula is C25H25N5O3S. The number of rotatable bonds is 6. The van der Waals surface area contributed by atoms with Gasteiger partial charge in [0.1, 0.15) is 5.03 Å². The zero-order valence-corrected chi connectivity index (χ0v) is 20.2. The van der Waals surface area contributed by atoms with Crippen LogP contribution in [0.25, 0.3) is 16.8 Å². The molecule has 0 spiro atoms. The van der Waals surface area contributed by atoms with E-state index in [-0.39, 0.29) is 22.8 Å². The summed E-state index contributed by atoms with van der Waals surface area (Å²) in [5, 5.41) is 19.2. The van der Waals surface area contributed by atoms with E-state index in [0.29, 0.717) is 5.69 Å². The lowest BCUT2D eigenvalue weighted by Gasteiger charge is -2.19. The number of carbonyl (C=O) groups is 1. The van der Waals surface area contributed by atoms with Gasteiger partial charge in [-0.25, -0.2) is 9.50 Å². The summed E-state index contributed by atoms with van der Waals surface area (Å²) < 4.78 is 1.80. The van der Waals surface area contributed by atoms with Gasteiger partial charge in [0.25, 0.3) is 5.69 Å². The zero-order valence-electron chi connectivity index (χ0n) is 19.4. The van der Waals surface area contributed by atoms with Gasteiger partial charge in [-0.2, -0.15) is 5.10 Å². The van der Waals surface area contributed by atoms with Crippen LogP contribution in [-0.2, 0) is 10.2 Å². The van der Waals surface area contributed by atoms with Gasteiger partial charge in [-0.1, -0.05) is 62.9 Å². The number of hydrogen-bond donors (Lipinski definition) is 1. The number of nitro benzene ring substituents is 1. The number of nitrogens with one attached hydrogen (secondary N) is 1. The molecule has 2 heterocycles. The van der Waals surface area contributed by atoms with E-state index in [2.05, 4.69) is 26.1 Å². The predicted octanol–water partition coefficient (Wildman–Crippen LogP) is 5.64. The van der Waals surface area contributed by atoms with Crippen LogP contribution < -0.4 is 5.32 Å². The third-order valence-electron chi connectivity index (χ3n) is 5.28. The Bertz CT molecular complexity index is 1360. The normalized spacial score (nSPS) is 11.5. The fraction of sp³-hybridized carbons (Fsp3) is 0.240. The molecule has 0 unspecified atom stereocenters. The Labute approximate surface area is 201 Å². The van der Waals surface area contributed by atoms with Crippen LogP contribution in [0.3, 0.4) is 0 Å². The minimum absolute atomic E-state index is 0.0236. The van der Waals surface area contributed by atoms with Crippen LogP contribution in [0.1, 0.15) is 32.2 Å². The molecule has 4 rings (SSSR count). The van der Waals surface area contributed by atoms with E-state index < -0.39 is 4.92 Å². The topological polar surface area (TPSA) is 102 Å². The maximum atomic E-state index is 12.6. The van der Waals surface area contributed by atoms with Crippen LogP contribution in [0, 0.1) is 17.0 Å².